The van der Waals surface area contributed by atoms with Gasteiger partial charge in [0.2, 0.25) is 0 Å². The second-order valence-electron chi connectivity index (χ2n) is 4.59. The maximum atomic E-state index is 4.70. The van der Waals surface area contributed by atoms with E-state index in [-0.39, 0.29) is 0 Å². The summed E-state index contributed by atoms with van der Waals surface area (Å²) >= 11 is 1.76. The third-order valence-corrected chi connectivity index (χ3v) is 3.95. The molecule has 1 N–H and O–H groups in total. The molecule has 0 amide bonds. The Hall–Kier alpha value is -1.42. The van der Waals surface area contributed by atoms with Gasteiger partial charge in [0, 0.05) is 29.1 Å². The van der Waals surface area contributed by atoms with Crippen molar-refractivity contribution in [3.8, 4) is 0 Å². The molecule has 0 aromatic carbocycles. The number of nitrogens with zero attached hydrogens (tertiary/aromatic N) is 2. The van der Waals surface area contributed by atoms with Crippen LogP contribution in [0.4, 0.5) is 5.82 Å². The summed E-state index contributed by atoms with van der Waals surface area (Å²) in [5.41, 5.74) is 2.34. The summed E-state index contributed by atoms with van der Waals surface area (Å²) < 4.78 is 0. The van der Waals surface area contributed by atoms with Crippen LogP contribution in [0.25, 0.3) is 0 Å². The Morgan fingerprint density at radius 3 is 2.74 bits per heavy atom. The van der Waals surface area contributed by atoms with Crippen LogP contribution in [0, 0.1) is 6.92 Å². The molecule has 2 heterocycles. The van der Waals surface area contributed by atoms with Gasteiger partial charge < -0.3 is 5.32 Å². The van der Waals surface area contributed by atoms with E-state index >= 15 is 0 Å². The molecule has 0 radical (unpaired) electrons. The van der Waals surface area contributed by atoms with Gasteiger partial charge in [-0.2, -0.15) is 0 Å². The van der Waals surface area contributed by atoms with E-state index in [2.05, 4.69) is 48.6 Å². The molecule has 19 heavy (non-hydrogen) atoms. The van der Waals surface area contributed by atoms with Crippen molar-refractivity contribution in [3.63, 3.8) is 0 Å². The molecule has 102 valence electrons. The highest BCUT2D eigenvalue weighted by Gasteiger charge is 2.10. The topological polar surface area (TPSA) is 37.8 Å². The fourth-order valence-corrected chi connectivity index (χ4v) is 2.82. The van der Waals surface area contributed by atoms with Crippen LogP contribution in [-0.2, 0) is 12.8 Å². The van der Waals surface area contributed by atoms with Gasteiger partial charge in [-0.15, -0.1) is 11.3 Å². The minimum atomic E-state index is 0.823. The highest BCUT2D eigenvalue weighted by molar-refractivity contribution is 7.09. The Balaban J connectivity index is 2.27. The molecular weight excluding hydrogens is 254 g/mol. The SMILES string of the molecule is CCCNc1nc(Cc2cccs2)nc(C)c1CC. The third kappa shape index (κ3) is 3.53. The number of anilines is 1. The van der Waals surface area contributed by atoms with Crippen molar-refractivity contribution >= 4 is 17.2 Å². The lowest BCUT2D eigenvalue weighted by Gasteiger charge is -2.13. The molecule has 4 heteroatoms. The summed E-state index contributed by atoms with van der Waals surface area (Å²) in [6.07, 6.45) is 2.90. The lowest BCUT2D eigenvalue weighted by molar-refractivity contribution is 0.891. The summed E-state index contributed by atoms with van der Waals surface area (Å²) in [7, 11) is 0. The quantitative estimate of drug-likeness (QED) is 0.871. The highest BCUT2D eigenvalue weighted by Crippen LogP contribution is 2.19. The van der Waals surface area contributed by atoms with Crippen LogP contribution in [0.15, 0.2) is 17.5 Å². The molecule has 0 aliphatic rings. The lowest BCUT2D eigenvalue weighted by atomic mass is 10.1. The molecule has 2 aromatic rings. The Morgan fingerprint density at radius 2 is 2.11 bits per heavy atom. The van der Waals surface area contributed by atoms with Crippen molar-refractivity contribution in [1.29, 1.82) is 0 Å². The van der Waals surface area contributed by atoms with Crippen molar-refractivity contribution in [1.82, 2.24) is 9.97 Å². The minimum Gasteiger partial charge on any atom is -0.370 e. The zero-order valence-electron chi connectivity index (χ0n) is 11.9. The number of hydrogen-bond acceptors (Lipinski definition) is 4. The average Bonchev–Trinajstić information content (AvgIpc) is 2.89. The Morgan fingerprint density at radius 1 is 1.26 bits per heavy atom. The van der Waals surface area contributed by atoms with E-state index in [1.807, 2.05) is 0 Å². The first kappa shape index (κ1) is 14.0. The van der Waals surface area contributed by atoms with E-state index in [0.29, 0.717) is 0 Å². The van der Waals surface area contributed by atoms with Crippen LogP contribution >= 0.6 is 11.3 Å². The van der Waals surface area contributed by atoms with Gasteiger partial charge in [-0.05, 0) is 31.2 Å². The molecule has 0 aliphatic heterocycles. The number of thiophene rings is 1. The monoisotopic (exact) mass is 275 g/mol. The van der Waals surface area contributed by atoms with Crippen LogP contribution in [0.5, 0.6) is 0 Å². The van der Waals surface area contributed by atoms with Crippen molar-refractivity contribution in [2.45, 2.75) is 40.0 Å². The fourth-order valence-electron chi connectivity index (χ4n) is 2.11. The predicted octanol–water partition coefficient (Wildman–Crippen LogP) is 3.82. The molecule has 0 fully saturated rings. The zero-order valence-corrected chi connectivity index (χ0v) is 12.7. The van der Waals surface area contributed by atoms with Crippen LogP contribution in [-0.4, -0.2) is 16.5 Å². The molecule has 2 rings (SSSR count). The second kappa shape index (κ2) is 6.66. The van der Waals surface area contributed by atoms with E-state index in [9.17, 15) is 0 Å². The molecule has 0 unspecified atom stereocenters. The van der Waals surface area contributed by atoms with Crippen molar-refractivity contribution in [2.24, 2.45) is 0 Å². The lowest BCUT2D eigenvalue weighted by Crippen LogP contribution is -2.10. The number of nitrogens with one attached hydrogen (secondary N) is 1. The number of aromatic nitrogens is 2. The first-order valence-electron chi connectivity index (χ1n) is 6.87. The van der Waals surface area contributed by atoms with E-state index < -0.39 is 0 Å². The van der Waals surface area contributed by atoms with E-state index in [1.165, 1.54) is 10.4 Å². The molecule has 0 atom stereocenters. The molecular formula is C15H21N3S. The maximum absolute atomic E-state index is 4.70. The summed E-state index contributed by atoms with van der Waals surface area (Å²) in [5.74, 6) is 1.93. The zero-order chi connectivity index (χ0) is 13.7. The van der Waals surface area contributed by atoms with E-state index in [0.717, 1.165) is 43.1 Å². The molecule has 0 saturated heterocycles. The normalized spacial score (nSPS) is 10.7. The largest absolute Gasteiger partial charge is 0.370 e. The fraction of sp³-hybridized carbons (Fsp3) is 0.467. The first-order chi connectivity index (χ1) is 9.24. The molecule has 2 aromatic heterocycles. The third-order valence-electron chi connectivity index (χ3n) is 3.07. The smallest absolute Gasteiger partial charge is 0.136 e. The first-order valence-corrected chi connectivity index (χ1v) is 7.75. The van der Waals surface area contributed by atoms with Gasteiger partial charge in [0.1, 0.15) is 11.6 Å². The molecule has 0 aliphatic carbocycles. The van der Waals surface area contributed by atoms with Gasteiger partial charge in [0.15, 0.2) is 0 Å². The molecule has 3 nitrogen and oxygen atoms in total. The van der Waals surface area contributed by atoms with Gasteiger partial charge >= 0.3 is 0 Å². The summed E-state index contributed by atoms with van der Waals surface area (Å²) in [4.78, 5) is 10.7. The number of hydrogen-bond donors (Lipinski definition) is 1. The number of aryl methyl sites for hydroxylation is 1. The van der Waals surface area contributed by atoms with Gasteiger partial charge in [0.05, 0.1) is 0 Å². The number of rotatable bonds is 6. The van der Waals surface area contributed by atoms with Crippen molar-refractivity contribution in [3.05, 3.63) is 39.5 Å². The highest BCUT2D eigenvalue weighted by atomic mass is 32.1. The van der Waals surface area contributed by atoms with Crippen LogP contribution in [0.2, 0.25) is 0 Å². The Kier molecular flexibility index (Phi) is 4.91. The maximum Gasteiger partial charge on any atom is 0.136 e. The van der Waals surface area contributed by atoms with Crippen LogP contribution < -0.4 is 5.32 Å². The van der Waals surface area contributed by atoms with Gasteiger partial charge in [-0.3, -0.25) is 0 Å². The molecule has 0 spiro atoms. The average molecular weight is 275 g/mol. The van der Waals surface area contributed by atoms with Gasteiger partial charge in [-0.1, -0.05) is 19.9 Å². The van der Waals surface area contributed by atoms with Crippen molar-refractivity contribution < 1.29 is 0 Å². The summed E-state index contributed by atoms with van der Waals surface area (Å²) in [5, 5.41) is 5.52. The predicted molar refractivity (Wildman–Crippen MR) is 82.1 cm³/mol. The summed E-state index contributed by atoms with van der Waals surface area (Å²) in [6.45, 7) is 7.36. The van der Waals surface area contributed by atoms with E-state index in [1.54, 1.807) is 11.3 Å². The van der Waals surface area contributed by atoms with Crippen molar-refractivity contribution in [2.75, 3.05) is 11.9 Å². The second-order valence-corrected chi connectivity index (χ2v) is 5.62. The molecule has 0 saturated carbocycles. The standard InChI is InChI=1S/C15H21N3S/c1-4-8-16-15-13(5-2)11(3)17-14(18-15)10-12-7-6-9-19-12/h6-7,9H,4-5,8,10H2,1-3H3,(H,16,17,18). The van der Waals surface area contributed by atoms with Crippen LogP contribution in [0.1, 0.15) is 42.2 Å². The van der Waals surface area contributed by atoms with Gasteiger partial charge in [-0.25, -0.2) is 9.97 Å². The van der Waals surface area contributed by atoms with E-state index in [4.69, 9.17) is 4.98 Å². The minimum absolute atomic E-state index is 0.823. The summed E-state index contributed by atoms with van der Waals surface area (Å²) in [6, 6.07) is 4.21. The van der Waals surface area contributed by atoms with Crippen LogP contribution in [0.3, 0.4) is 0 Å². The molecule has 0 bridgehead atoms. The Bertz CT molecular complexity index is 520. The van der Waals surface area contributed by atoms with Gasteiger partial charge in [0.25, 0.3) is 0 Å². The Labute approximate surface area is 119 Å².